The molecule has 26 heavy (non-hydrogen) atoms. The molecule has 5 heteroatoms. The molecule has 0 heterocycles. The smallest absolute Gasteiger partial charge is 0.348 e. The van der Waals surface area contributed by atoms with Gasteiger partial charge in [0.2, 0.25) is 0 Å². The zero-order chi connectivity index (χ0) is 19.1. The van der Waals surface area contributed by atoms with Crippen LogP contribution in [0.25, 0.3) is 0 Å². The zero-order valence-electron chi connectivity index (χ0n) is 15.6. The van der Waals surface area contributed by atoms with E-state index in [0.29, 0.717) is 12.2 Å². The molecule has 5 nitrogen and oxygen atoms in total. The highest BCUT2D eigenvalue weighted by Gasteiger charge is 2.25. The van der Waals surface area contributed by atoms with Crippen LogP contribution < -0.4 is 10.1 Å². The first-order valence-corrected chi connectivity index (χ1v) is 8.71. The van der Waals surface area contributed by atoms with E-state index in [1.807, 2.05) is 57.2 Å². The van der Waals surface area contributed by atoms with Crippen LogP contribution in [0.15, 0.2) is 48.5 Å². The average molecular weight is 355 g/mol. The van der Waals surface area contributed by atoms with Gasteiger partial charge in [-0.1, -0.05) is 43.3 Å². The number of carbonyl (C=O) groups is 2. The Balaban J connectivity index is 1.97. The lowest BCUT2D eigenvalue weighted by molar-refractivity contribution is -0.160. The van der Waals surface area contributed by atoms with Crippen LogP contribution in [0.2, 0.25) is 0 Å². The minimum absolute atomic E-state index is 0.370. The third-order valence-corrected chi connectivity index (χ3v) is 4.05. The second-order valence-corrected chi connectivity index (χ2v) is 6.16. The number of anilines is 1. The molecule has 1 amide bonds. The number of rotatable bonds is 7. The number of benzene rings is 2. The molecule has 0 fully saturated rings. The Morgan fingerprint density at radius 1 is 1.00 bits per heavy atom. The number of aryl methyl sites for hydroxylation is 2. The Hall–Kier alpha value is -2.82. The predicted octanol–water partition coefficient (Wildman–Crippen LogP) is 4.03. The van der Waals surface area contributed by atoms with E-state index >= 15 is 0 Å². The summed E-state index contributed by atoms with van der Waals surface area (Å²) in [4.78, 5) is 24.7. The van der Waals surface area contributed by atoms with Gasteiger partial charge in [0, 0.05) is 5.69 Å². The molecule has 0 saturated heterocycles. The fourth-order valence-electron chi connectivity index (χ4n) is 2.50. The molecule has 138 valence electrons. The SMILES string of the molecule is CC[C@H](Oc1ccccc1)C(=O)O[C@@H](C)C(=O)Nc1c(C)cccc1C. The lowest BCUT2D eigenvalue weighted by Crippen LogP contribution is -2.36. The van der Waals surface area contributed by atoms with Gasteiger partial charge in [0.05, 0.1) is 0 Å². The monoisotopic (exact) mass is 355 g/mol. The van der Waals surface area contributed by atoms with E-state index in [1.165, 1.54) is 0 Å². The van der Waals surface area contributed by atoms with Crippen molar-refractivity contribution in [1.29, 1.82) is 0 Å². The largest absolute Gasteiger partial charge is 0.479 e. The van der Waals surface area contributed by atoms with Crippen LogP contribution in [0.5, 0.6) is 5.75 Å². The van der Waals surface area contributed by atoms with Crippen LogP contribution in [-0.2, 0) is 14.3 Å². The Morgan fingerprint density at radius 2 is 1.62 bits per heavy atom. The van der Waals surface area contributed by atoms with Crippen molar-refractivity contribution in [3.8, 4) is 5.75 Å². The van der Waals surface area contributed by atoms with Gasteiger partial charge in [-0.05, 0) is 50.5 Å². The number of carbonyl (C=O) groups excluding carboxylic acids is 2. The Kier molecular flexibility index (Phi) is 6.78. The van der Waals surface area contributed by atoms with E-state index in [1.54, 1.807) is 19.1 Å². The fraction of sp³-hybridized carbons (Fsp3) is 0.333. The van der Waals surface area contributed by atoms with E-state index < -0.39 is 18.2 Å². The molecule has 0 unspecified atom stereocenters. The Bertz CT molecular complexity index is 738. The first-order valence-electron chi connectivity index (χ1n) is 8.71. The molecule has 0 aliphatic carbocycles. The van der Waals surface area contributed by atoms with Crippen molar-refractivity contribution in [3.05, 3.63) is 59.7 Å². The topological polar surface area (TPSA) is 64.6 Å². The molecule has 0 radical (unpaired) electrons. The number of amides is 1. The number of hydrogen-bond acceptors (Lipinski definition) is 4. The normalized spacial score (nSPS) is 12.8. The second kappa shape index (κ2) is 9.04. The van der Waals surface area contributed by atoms with Crippen LogP contribution >= 0.6 is 0 Å². The van der Waals surface area contributed by atoms with Gasteiger partial charge in [0.15, 0.2) is 12.2 Å². The number of ether oxygens (including phenoxy) is 2. The maximum atomic E-state index is 12.4. The highest BCUT2D eigenvalue weighted by molar-refractivity contribution is 5.96. The highest BCUT2D eigenvalue weighted by atomic mass is 16.6. The summed E-state index contributed by atoms with van der Waals surface area (Å²) in [6.45, 7) is 7.21. The first-order chi connectivity index (χ1) is 12.4. The van der Waals surface area contributed by atoms with Gasteiger partial charge in [-0.3, -0.25) is 4.79 Å². The molecule has 2 aromatic carbocycles. The minimum Gasteiger partial charge on any atom is -0.479 e. The summed E-state index contributed by atoms with van der Waals surface area (Å²) in [7, 11) is 0. The van der Waals surface area contributed by atoms with Crippen molar-refractivity contribution in [2.24, 2.45) is 0 Å². The van der Waals surface area contributed by atoms with Gasteiger partial charge in [-0.15, -0.1) is 0 Å². The standard InChI is InChI=1S/C21H25NO4/c1-5-18(26-17-12-7-6-8-13-17)21(24)25-16(4)20(23)22-19-14(2)10-9-11-15(19)3/h6-13,16,18H,5H2,1-4H3,(H,22,23)/t16-,18-/m0/s1. The Labute approximate surface area is 154 Å². The maximum absolute atomic E-state index is 12.4. The van der Waals surface area contributed by atoms with Gasteiger partial charge in [0.1, 0.15) is 5.75 Å². The third-order valence-electron chi connectivity index (χ3n) is 4.05. The Morgan fingerprint density at radius 3 is 2.19 bits per heavy atom. The van der Waals surface area contributed by atoms with E-state index in [0.717, 1.165) is 16.8 Å². The number of esters is 1. The fourth-order valence-corrected chi connectivity index (χ4v) is 2.50. The number of para-hydroxylation sites is 2. The molecule has 2 rings (SSSR count). The molecule has 0 saturated carbocycles. The molecule has 0 aliphatic rings. The van der Waals surface area contributed by atoms with Crippen molar-refractivity contribution in [2.45, 2.75) is 46.3 Å². The average Bonchev–Trinajstić information content (AvgIpc) is 2.63. The molecule has 0 bridgehead atoms. The molecule has 2 aromatic rings. The van der Waals surface area contributed by atoms with Crippen molar-refractivity contribution in [2.75, 3.05) is 5.32 Å². The van der Waals surface area contributed by atoms with Crippen LogP contribution in [-0.4, -0.2) is 24.1 Å². The van der Waals surface area contributed by atoms with Crippen LogP contribution in [0.3, 0.4) is 0 Å². The first kappa shape index (κ1) is 19.5. The molecular weight excluding hydrogens is 330 g/mol. The molecule has 0 aromatic heterocycles. The third kappa shape index (κ3) is 5.09. The van der Waals surface area contributed by atoms with E-state index in [9.17, 15) is 9.59 Å². The second-order valence-electron chi connectivity index (χ2n) is 6.16. The van der Waals surface area contributed by atoms with Crippen LogP contribution in [0.1, 0.15) is 31.4 Å². The molecule has 1 N–H and O–H groups in total. The highest BCUT2D eigenvalue weighted by Crippen LogP contribution is 2.20. The predicted molar refractivity (Wildman–Crippen MR) is 101 cm³/mol. The summed E-state index contributed by atoms with van der Waals surface area (Å²) in [5.74, 6) is -0.338. The summed E-state index contributed by atoms with van der Waals surface area (Å²) in [6, 6.07) is 14.8. The summed E-state index contributed by atoms with van der Waals surface area (Å²) >= 11 is 0. The lowest BCUT2D eigenvalue weighted by atomic mass is 10.1. The minimum atomic E-state index is -0.921. The quantitative estimate of drug-likeness (QED) is 0.762. The van der Waals surface area contributed by atoms with E-state index in [2.05, 4.69) is 5.32 Å². The van der Waals surface area contributed by atoms with E-state index in [-0.39, 0.29) is 5.91 Å². The number of nitrogens with one attached hydrogen (secondary N) is 1. The van der Waals surface area contributed by atoms with Crippen molar-refractivity contribution in [1.82, 2.24) is 0 Å². The lowest BCUT2D eigenvalue weighted by Gasteiger charge is -2.20. The van der Waals surface area contributed by atoms with Gasteiger partial charge in [0.25, 0.3) is 5.91 Å². The van der Waals surface area contributed by atoms with Crippen molar-refractivity contribution >= 4 is 17.6 Å². The molecule has 2 atom stereocenters. The van der Waals surface area contributed by atoms with Crippen molar-refractivity contribution < 1.29 is 19.1 Å². The maximum Gasteiger partial charge on any atom is 0.348 e. The summed E-state index contributed by atoms with van der Waals surface area (Å²) in [5, 5.41) is 2.83. The summed E-state index contributed by atoms with van der Waals surface area (Å²) in [6.07, 6.45) is -1.23. The molecule has 0 spiro atoms. The number of hydrogen-bond donors (Lipinski definition) is 1. The van der Waals surface area contributed by atoms with E-state index in [4.69, 9.17) is 9.47 Å². The summed E-state index contributed by atoms with van der Waals surface area (Å²) in [5.41, 5.74) is 2.65. The molecular formula is C21H25NO4. The van der Waals surface area contributed by atoms with Gasteiger partial charge >= 0.3 is 5.97 Å². The van der Waals surface area contributed by atoms with Gasteiger partial charge in [-0.2, -0.15) is 0 Å². The van der Waals surface area contributed by atoms with Crippen LogP contribution in [0.4, 0.5) is 5.69 Å². The zero-order valence-corrected chi connectivity index (χ0v) is 15.6. The van der Waals surface area contributed by atoms with Gasteiger partial charge < -0.3 is 14.8 Å². The molecule has 0 aliphatic heterocycles. The van der Waals surface area contributed by atoms with Gasteiger partial charge in [-0.25, -0.2) is 4.79 Å². The van der Waals surface area contributed by atoms with Crippen LogP contribution in [0, 0.1) is 13.8 Å². The van der Waals surface area contributed by atoms with Crippen molar-refractivity contribution in [3.63, 3.8) is 0 Å². The summed E-state index contributed by atoms with van der Waals surface area (Å²) < 4.78 is 11.0.